The first kappa shape index (κ1) is 12.5. The van der Waals surface area contributed by atoms with Crippen LogP contribution in [0.2, 0.25) is 0 Å². The maximum absolute atomic E-state index is 4.37. The van der Waals surface area contributed by atoms with Crippen molar-refractivity contribution in [2.24, 2.45) is 35.0 Å². The van der Waals surface area contributed by atoms with Gasteiger partial charge in [0.25, 0.3) is 0 Å². The smallest absolute Gasteiger partial charge is 0.0175 e. The highest BCUT2D eigenvalue weighted by atomic mass is 14.6. The predicted molar refractivity (Wildman–Crippen MR) is 80.9 cm³/mol. The van der Waals surface area contributed by atoms with E-state index in [2.05, 4.69) is 13.5 Å². The van der Waals surface area contributed by atoms with E-state index in [4.69, 9.17) is 0 Å². The molecule has 4 fully saturated rings. The van der Waals surface area contributed by atoms with Crippen LogP contribution in [-0.4, -0.2) is 0 Å². The zero-order valence-corrected chi connectivity index (χ0v) is 12.7. The molecule has 106 valence electrons. The van der Waals surface area contributed by atoms with Crippen LogP contribution in [0.15, 0.2) is 12.2 Å². The van der Waals surface area contributed by atoms with E-state index < -0.39 is 0 Å². The fourth-order valence-corrected chi connectivity index (χ4v) is 6.86. The highest BCUT2D eigenvalue weighted by Gasteiger charge is 2.54. The molecule has 0 radical (unpaired) electrons. The van der Waals surface area contributed by atoms with Crippen LogP contribution in [0.5, 0.6) is 0 Å². The first-order valence-electron chi connectivity index (χ1n) is 8.88. The Morgan fingerprint density at radius 1 is 0.947 bits per heavy atom. The van der Waals surface area contributed by atoms with E-state index >= 15 is 0 Å². The third-order valence-electron chi connectivity index (χ3n) is 7.84. The minimum atomic E-state index is 0.718. The molecule has 0 amide bonds. The number of hydrogen-bond donors (Lipinski definition) is 0. The van der Waals surface area contributed by atoms with E-state index in [1.165, 1.54) is 44.9 Å². The first-order chi connectivity index (χ1) is 9.20. The summed E-state index contributed by atoms with van der Waals surface area (Å²) in [5.74, 6) is 5.16. The molecule has 0 saturated heterocycles. The largest absolute Gasteiger partial charge is 0.0996 e. The lowest BCUT2D eigenvalue weighted by Gasteiger charge is -2.58. The van der Waals surface area contributed by atoms with E-state index in [0.717, 1.165) is 35.0 Å². The maximum atomic E-state index is 4.37. The summed E-state index contributed by atoms with van der Waals surface area (Å²) in [4.78, 5) is 0. The van der Waals surface area contributed by atoms with Gasteiger partial charge < -0.3 is 0 Å². The number of rotatable bonds is 0. The van der Waals surface area contributed by atoms with Crippen LogP contribution < -0.4 is 0 Å². The molecule has 0 aromatic heterocycles. The molecule has 6 unspecified atom stereocenters. The van der Waals surface area contributed by atoms with Gasteiger partial charge in [-0.05, 0) is 86.4 Å². The summed E-state index contributed by atoms with van der Waals surface area (Å²) in [6.07, 6.45) is 15.0. The number of fused-ring (bicyclic) bond motifs is 5. The lowest BCUT2D eigenvalue weighted by molar-refractivity contribution is -0.0807. The third kappa shape index (κ3) is 1.71. The Morgan fingerprint density at radius 2 is 1.84 bits per heavy atom. The van der Waals surface area contributed by atoms with Crippen molar-refractivity contribution < 1.29 is 0 Å². The molecule has 0 heterocycles. The molecule has 0 bridgehead atoms. The van der Waals surface area contributed by atoms with Crippen LogP contribution in [0, 0.1) is 35.0 Å². The van der Waals surface area contributed by atoms with Crippen molar-refractivity contribution in [3.8, 4) is 0 Å². The fraction of sp³-hybridized carbons (Fsp3) is 0.895. The van der Waals surface area contributed by atoms with Gasteiger partial charge in [-0.2, -0.15) is 0 Å². The second kappa shape index (κ2) is 4.37. The molecule has 19 heavy (non-hydrogen) atoms. The van der Waals surface area contributed by atoms with Gasteiger partial charge in [0.05, 0.1) is 0 Å². The Hall–Kier alpha value is -0.260. The van der Waals surface area contributed by atoms with E-state index in [-0.39, 0.29) is 0 Å². The van der Waals surface area contributed by atoms with Gasteiger partial charge in [-0.15, -0.1) is 0 Å². The average molecular weight is 258 g/mol. The molecular formula is C19H30. The lowest BCUT2D eigenvalue weighted by atomic mass is 9.47. The minimum absolute atomic E-state index is 0.718. The summed E-state index contributed by atoms with van der Waals surface area (Å²) in [6.45, 7) is 7.05. The highest BCUT2D eigenvalue weighted by Crippen LogP contribution is 2.63. The molecule has 0 spiro atoms. The summed E-state index contributed by atoms with van der Waals surface area (Å²) >= 11 is 0. The molecule has 4 aliphatic carbocycles. The molecule has 4 saturated carbocycles. The third-order valence-corrected chi connectivity index (χ3v) is 7.84. The first-order valence-corrected chi connectivity index (χ1v) is 8.88. The van der Waals surface area contributed by atoms with Gasteiger partial charge in [0.1, 0.15) is 0 Å². The molecule has 0 aromatic carbocycles. The highest BCUT2D eigenvalue weighted by molar-refractivity contribution is 5.14. The quantitative estimate of drug-likeness (QED) is 0.497. The summed E-state index contributed by atoms with van der Waals surface area (Å²) in [5, 5.41) is 0. The molecule has 4 aliphatic rings. The van der Waals surface area contributed by atoms with Gasteiger partial charge in [0, 0.05) is 0 Å². The summed E-state index contributed by atoms with van der Waals surface area (Å²) in [7, 11) is 0. The summed E-state index contributed by atoms with van der Waals surface area (Å²) in [6, 6.07) is 0. The SMILES string of the molecule is C=C1CCC2C1CCC1C2CCC2CCCCC21C. The van der Waals surface area contributed by atoms with Crippen molar-refractivity contribution in [3.05, 3.63) is 12.2 Å². The van der Waals surface area contributed by atoms with E-state index in [1.807, 2.05) is 0 Å². The fourth-order valence-electron chi connectivity index (χ4n) is 6.86. The van der Waals surface area contributed by atoms with Crippen LogP contribution in [0.3, 0.4) is 0 Å². The lowest BCUT2D eigenvalue weighted by Crippen LogP contribution is -2.49. The van der Waals surface area contributed by atoms with E-state index in [9.17, 15) is 0 Å². The van der Waals surface area contributed by atoms with Crippen molar-refractivity contribution in [2.75, 3.05) is 0 Å². The standard InChI is InChI=1S/C19H30/c1-13-6-8-16-15(13)10-11-18-17(16)9-7-14-5-3-4-12-19(14,18)2/h14-18H,1,3-12H2,2H3. The van der Waals surface area contributed by atoms with Crippen LogP contribution >= 0.6 is 0 Å². The average Bonchev–Trinajstić information content (AvgIpc) is 2.80. The monoisotopic (exact) mass is 258 g/mol. The zero-order chi connectivity index (χ0) is 13.0. The van der Waals surface area contributed by atoms with Gasteiger partial charge in [-0.25, -0.2) is 0 Å². The maximum Gasteiger partial charge on any atom is -0.0175 e. The van der Waals surface area contributed by atoms with Crippen molar-refractivity contribution in [1.82, 2.24) is 0 Å². The van der Waals surface area contributed by atoms with E-state index in [0.29, 0.717) is 0 Å². The topological polar surface area (TPSA) is 0 Å². The molecule has 0 heteroatoms. The second-order valence-electron chi connectivity index (χ2n) is 8.34. The molecule has 0 aliphatic heterocycles. The van der Waals surface area contributed by atoms with Gasteiger partial charge >= 0.3 is 0 Å². The Balaban J connectivity index is 1.63. The number of allylic oxidation sites excluding steroid dienone is 1. The van der Waals surface area contributed by atoms with E-state index in [1.54, 1.807) is 24.8 Å². The minimum Gasteiger partial charge on any atom is -0.0996 e. The second-order valence-corrected chi connectivity index (χ2v) is 8.34. The summed E-state index contributed by atoms with van der Waals surface area (Å²) < 4.78 is 0. The Kier molecular flexibility index (Phi) is 2.87. The molecule has 0 nitrogen and oxygen atoms in total. The zero-order valence-electron chi connectivity index (χ0n) is 12.7. The Bertz CT molecular complexity index is 381. The Labute approximate surface area is 119 Å². The molecule has 6 atom stereocenters. The van der Waals surface area contributed by atoms with Crippen molar-refractivity contribution in [2.45, 2.75) is 71.1 Å². The van der Waals surface area contributed by atoms with Crippen molar-refractivity contribution >= 4 is 0 Å². The van der Waals surface area contributed by atoms with Crippen LogP contribution in [0.25, 0.3) is 0 Å². The molecular weight excluding hydrogens is 228 g/mol. The number of hydrogen-bond acceptors (Lipinski definition) is 0. The van der Waals surface area contributed by atoms with Crippen LogP contribution in [0.4, 0.5) is 0 Å². The van der Waals surface area contributed by atoms with Gasteiger partial charge in [0.15, 0.2) is 0 Å². The predicted octanol–water partition coefficient (Wildman–Crippen LogP) is 5.59. The Morgan fingerprint density at radius 3 is 2.74 bits per heavy atom. The van der Waals surface area contributed by atoms with Crippen LogP contribution in [0.1, 0.15) is 71.1 Å². The van der Waals surface area contributed by atoms with Gasteiger partial charge in [-0.1, -0.05) is 31.9 Å². The van der Waals surface area contributed by atoms with Crippen molar-refractivity contribution in [1.29, 1.82) is 0 Å². The molecule has 0 N–H and O–H groups in total. The van der Waals surface area contributed by atoms with Crippen LogP contribution in [-0.2, 0) is 0 Å². The summed E-state index contributed by atoms with van der Waals surface area (Å²) in [5.41, 5.74) is 2.33. The van der Waals surface area contributed by atoms with Gasteiger partial charge in [-0.3, -0.25) is 0 Å². The molecule has 4 rings (SSSR count). The molecule has 0 aromatic rings. The van der Waals surface area contributed by atoms with Crippen molar-refractivity contribution in [3.63, 3.8) is 0 Å². The normalized spacial score (nSPS) is 53.3. The van der Waals surface area contributed by atoms with Gasteiger partial charge in [0.2, 0.25) is 0 Å².